The molecule has 0 bridgehead atoms. The Kier molecular flexibility index (Phi) is 6.15. The number of carbonyl (C=O) groups is 1. The molecule has 174 valence electrons. The highest BCUT2D eigenvalue weighted by Gasteiger charge is 2.50. The number of carbonyl (C=O) groups excluding carboxylic acids is 1. The van der Waals surface area contributed by atoms with Crippen molar-refractivity contribution >= 4 is 21.7 Å². The Morgan fingerprint density at radius 2 is 1.74 bits per heavy atom. The average Bonchev–Trinajstić information content (AvgIpc) is 2.97. The van der Waals surface area contributed by atoms with Crippen LogP contribution >= 0.6 is 15.9 Å². The Bertz CT molecular complexity index is 862. The van der Waals surface area contributed by atoms with Gasteiger partial charge in [-0.15, -0.1) is 0 Å². The molecule has 1 aromatic rings. The zero-order valence-corrected chi connectivity index (χ0v) is 22.2. The van der Waals surface area contributed by atoms with E-state index in [1.807, 2.05) is 19.9 Å². The van der Waals surface area contributed by atoms with E-state index >= 15 is 0 Å². The lowest BCUT2D eigenvalue weighted by atomic mass is 9.60. The Balaban J connectivity index is 2.03. The van der Waals surface area contributed by atoms with Crippen LogP contribution in [-0.4, -0.2) is 22.3 Å². The molecule has 1 fully saturated rings. The molecular formula is C26H39BrO4. The van der Waals surface area contributed by atoms with Crippen LogP contribution in [0.25, 0.3) is 0 Å². The normalized spacial score (nSPS) is 30.0. The number of fused-ring (bicyclic) bond motifs is 1. The molecule has 1 saturated carbocycles. The van der Waals surface area contributed by atoms with Crippen molar-refractivity contribution in [2.24, 2.45) is 16.7 Å². The topological polar surface area (TPSA) is 55.8 Å². The maximum absolute atomic E-state index is 13.6. The van der Waals surface area contributed by atoms with Crippen LogP contribution in [0, 0.1) is 16.7 Å². The van der Waals surface area contributed by atoms with Crippen LogP contribution in [0.5, 0.6) is 11.5 Å². The van der Waals surface area contributed by atoms with Crippen molar-refractivity contribution in [3.63, 3.8) is 0 Å². The van der Waals surface area contributed by atoms with Gasteiger partial charge >= 0.3 is 0 Å². The number of halogens is 1. The fraction of sp³-hybridized carbons (Fsp3) is 0.731. The summed E-state index contributed by atoms with van der Waals surface area (Å²) in [6, 6.07) is 1.96. The van der Waals surface area contributed by atoms with E-state index in [-0.39, 0.29) is 28.4 Å². The number of benzene rings is 1. The van der Waals surface area contributed by atoms with E-state index in [2.05, 4.69) is 64.4 Å². The average molecular weight is 495 g/mol. The zero-order chi connectivity index (χ0) is 23.6. The summed E-state index contributed by atoms with van der Waals surface area (Å²) in [5.74, 6) is 0.625. The minimum absolute atomic E-state index is 0.0322. The molecule has 2 aliphatic rings. The van der Waals surface area contributed by atoms with Crippen molar-refractivity contribution in [3.05, 3.63) is 21.7 Å². The molecule has 1 aromatic carbocycles. The predicted molar refractivity (Wildman–Crippen MR) is 128 cm³/mol. The summed E-state index contributed by atoms with van der Waals surface area (Å²) in [5, 5.41) is 11.1. The second kappa shape index (κ2) is 7.76. The summed E-state index contributed by atoms with van der Waals surface area (Å²) in [4.78, 5) is 13.6. The number of hydrogen-bond donors (Lipinski definition) is 1. The molecule has 1 N–H and O–H groups in total. The van der Waals surface area contributed by atoms with E-state index in [9.17, 15) is 9.90 Å². The van der Waals surface area contributed by atoms with Gasteiger partial charge in [0.05, 0.1) is 10.1 Å². The second-order valence-corrected chi connectivity index (χ2v) is 12.7. The van der Waals surface area contributed by atoms with E-state index in [1.165, 1.54) is 0 Å². The molecule has 3 rings (SSSR count). The Morgan fingerprint density at radius 3 is 2.26 bits per heavy atom. The summed E-state index contributed by atoms with van der Waals surface area (Å²) in [7, 11) is 0. The van der Waals surface area contributed by atoms with Crippen molar-refractivity contribution in [2.75, 3.05) is 0 Å². The predicted octanol–water partition coefficient (Wildman–Crippen LogP) is 7.26. The van der Waals surface area contributed by atoms with Gasteiger partial charge in [0.25, 0.3) is 5.79 Å². The molecule has 1 aliphatic carbocycles. The minimum atomic E-state index is -0.841. The maximum Gasteiger partial charge on any atom is 0.253 e. The second-order valence-electron chi connectivity index (χ2n) is 11.9. The van der Waals surface area contributed by atoms with E-state index in [0.717, 1.165) is 30.6 Å². The molecule has 3 unspecified atom stereocenters. The Labute approximate surface area is 196 Å². The minimum Gasteiger partial charge on any atom is -0.448 e. The lowest BCUT2D eigenvalue weighted by molar-refractivity contribution is -0.143. The summed E-state index contributed by atoms with van der Waals surface area (Å²) < 4.78 is 13.4. The zero-order valence-electron chi connectivity index (χ0n) is 20.6. The summed E-state index contributed by atoms with van der Waals surface area (Å²) in [5.41, 5.74) is 0.401. The van der Waals surface area contributed by atoms with Crippen LogP contribution in [0.1, 0.15) is 110 Å². The number of Topliss-reactive ketones (excluding diaryl/α,β-unsaturated/α-hetero) is 1. The standard InChI is InChI=1S/C26H39BrO4/c1-15(2)16-13-17(18(28)14-19-24(6,7)11-10-12-25(19,8)29)20(27)22-21(16)30-26(9,31-22)23(3,4)5/h13,15,19,29H,10-12,14H2,1-9H3. The quantitative estimate of drug-likeness (QED) is 0.447. The first kappa shape index (κ1) is 24.6. The molecule has 4 nitrogen and oxygen atoms in total. The van der Waals surface area contributed by atoms with Gasteiger partial charge in [-0.3, -0.25) is 4.79 Å². The van der Waals surface area contributed by atoms with Crippen molar-refractivity contribution < 1.29 is 19.4 Å². The largest absolute Gasteiger partial charge is 0.448 e. The third-order valence-corrected chi connectivity index (χ3v) is 8.46. The maximum atomic E-state index is 13.6. The number of aliphatic hydroxyl groups is 1. The highest BCUT2D eigenvalue weighted by atomic mass is 79.9. The first-order valence-electron chi connectivity index (χ1n) is 11.5. The first-order valence-corrected chi connectivity index (χ1v) is 12.3. The Hall–Kier alpha value is -1.07. The fourth-order valence-electron chi connectivity index (χ4n) is 5.07. The number of ketones is 1. The SMILES string of the molecule is CC(C)c1cc(C(=O)CC2C(C)(C)CCCC2(C)O)c(Br)c2c1OC(C)(C(C)(C)C)O2. The Morgan fingerprint density at radius 1 is 1.16 bits per heavy atom. The first-order chi connectivity index (χ1) is 14.0. The molecule has 31 heavy (non-hydrogen) atoms. The van der Waals surface area contributed by atoms with Gasteiger partial charge < -0.3 is 14.6 Å². The van der Waals surface area contributed by atoms with Gasteiger partial charge in [0, 0.05) is 29.9 Å². The van der Waals surface area contributed by atoms with E-state index < -0.39 is 11.4 Å². The van der Waals surface area contributed by atoms with Crippen molar-refractivity contribution in [3.8, 4) is 11.5 Å². The molecule has 0 saturated heterocycles. The summed E-state index contributed by atoms with van der Waals surface area (Å²) in [6.45, 7) is 18.6. The summed E-state index contributed by atoms with van der Waals surface area (Å²) in [6.07, 6.45) is 3.05. The van der Waals surface area contributed by atoms with Gasteiger partial charge in [-0.1, -0.05) is 54.9 Å². The highest BCUT2D eigenvalue weighted by Crippen LogP contribution is 2.55. The fourth-order valence-corrected chi connectivity index (χ4v) is 5.66. The van der Waals surface area contributed by atoms with Gasteiger partial charge in [0.15, 0.2) is 17.3 Å². The van der Waals surface area contributed by atoms with Crippen LogP contribution in [-0.2, 0) is 0 Å². The lowest BCUT2D eigenvalue weighted by Gasteiger charge is -2.48. The van der Waals surface area contributed by atoms with Crippen molar-refractivity contribution in [1.82, 2.24) is 0 Å². The highest BCUT2D eigenvalue weighted by molar-refractivity contribution is 9.10. The van der Waals surface area contributed by atoms with E-state index in [4.69, 9.17) is 9.47 Å². The van der Waals surface area contributed by atoms with Crippen molar-refractivity contribution in [1.29, 1.82) is 0 Å². The van der Waals surface area contributed by atoms with Crippen LogP contribution < -0.4 is 9.47 Å². The molecule has 0 spiro atoms. The number of hydrogen-bond acceptors (Lipinski definition) is 4. The molecule has 1 aliphatic heterocycles. The lowest BCUT2D eigenvalue weighted by Crippen LogP contribution is -2.48. The third kappa shape index (κ3) is 4.29. The van der Waals surface area contributed by atoms with Crippen LogP contribution in [0.3, 0.4) is 0 Å². The molecular weight excluding hydrogens is 456 g/mol. The molecule has 0 radical (unpaired) electrons. The smallest absolute Gasteiger partial charge is 0.253 e. The molecule has 3 atom stereocenters. The number of rotatable bonds is 4. The van der Waals surface area contributed by atoms with E-state index in [1.54, 1.807) is 0 Å². The van der Waals surface area contributed by atoms with Crippen LogP contribution in [0.15, 0.2) is 10.5 Å². The van der Waals surface area contributed by atoms with Gasteiger partial charge in [-0.05, 0) is 59.0 Å². The molecule has 0 aromatic heterocycles. The van der Waals surface area contributed by atoms with Gasteiger partial charge in [0.1, 0.15) is 0 Å². The molecule has 5 heteroatoms. The van der Waals surface area contributed by atoms with Crippen molar-refractivity contribution in [2.45, 2.75) is 105 Å². The van der Waals surface area contributed by atoms with Crippen LogP contribution in [0.4, 0.5) is 0 Å². The number of ether oxygens (including phenoxy) is 2. The molecule has 1 heterocycles. The van der Waals surface area contributed by atoms with Crippen LogP contribution in [0.2, 0.25) is 0 Å². The third-order valence-electron chi connectivity index (χ3n) is 7.67. The summed E-state index contributed by atoms with van der Waals surface area (Å²) >= 11 is 3.67. The van der Waals surface area contributed by atoms with Gasteiger partial charge in [-0.25, -0.2) is 0 Å². The monoisotopic (exact) mass is 494 g/mol. The van der Waals surface area contributed by atoms with Gasteiger partial charge in [0.2, 0.25) is 0 Å². The molecule has 0 amide bonds. The van der Waals surface area contributed by atoms with Gasteiger partial charge in [-0.2, -0.15) is 0 Å². The van der Waals surface area contributed by atoms with E-state index in [0.29, 0.717) is 22.2 Å².